The minimum atomic E-state index is -4.19. The van der Waals surface area contributed by atoms with Gasteiger partial charge < -0.3 is 5.32 Å². The second-order valence-electron chi connectivity index (χ2n) is 3.67. The Morgan fingerprint density at radius 3 is 2.89 bits per heavy atom. The molecule has 8 heteroatoms. The quantitative estimate of drug-likeness (QED) is 0.872. The van der Waals surface area contributed by atoms with Gasteiger partial charge in [0.1, 0.15) is 0 Å². The van der Waals surface area contributed by atoms with Crippen molar-refractivity contribution in [3.8, 4) is 0 Å². The fourth-order valence-corrected chi connectivity index (χ4v) is 1.83. The summed E-state index contributed by atoms with van der Waals surface area (Å²) in [4.78, 5) is 4.14. The van der Waals surface area contributed by atoms with Crippen molar-refractivity contribution in [2.24, 2.45) is 0 Å². The van der Waals surface area contributed by atoms with Crippen molar-refractivity contribution >= 4 is 23.4 Å². The van der Waals surface area contributed by atoms with E-state index in [9.17, 15) is 13.2 Å². The molecule has 0 spiro atoms. The van der Waals surface area contributed by atoms with Crippen LogP contribution in [0.2, 0.25) is 0 Å². The Labute approximate surface area is 106 Å². The largest absolute Gasteiger partial charge is 0.441 e. The maximum Gasteiger partial charge on any atom is 0.441 e. The molecule has 0 aliphatic carbocycles. The molecule has 0 aliphatic heterocycles. The third kappa shape index (κ3) is 3.52. The maximum absolute atomic E-state index is 11.9. The molecule has 0 saturated carbocycles. The van der Waals surface area contributed by atoms with Crippen LogP contribution in [0, 0.1) is 6.92 Å². The third-order valence-electron chi connectivity index (χ3n) is 2.13. The first-order valence-electron chi connectivity index (χ1n) is 5.22. The number of aryl methyl sites for hydroxylation is 1. The highest BCUT2D eigenvalue weighted by Gasteiger charge is 2.27. The summed E-state index contributed by atoms with van der Waals surface area (Å²) in [5, 5.41) is 6.87. The van der Waals surface area contributed by atoms with E-state index in [2.05, 4.69) is 15.4 Å². The summed E-state index contributed by atoms with van der Waals surface area (Å²) in [6.07, 6.45) is 1.80. The first-order valence-corrected chi connectivity index (χ1v) is 6.20. The van der Waals surface area contributed by atoms with Crippen LogP contribution in [0.25, 0.3) is 5.65 Å². The van der Waals surface area contributed by atoms with E-state index in [-0.39, 0.29) is 24.1 Å². The van der Waals surface area contributed by atoms with Gasteiger partial charge in [0.15, 0.2) is 5.65 Å². The molecule has 2 aromatic heterocycles. The molecule has 4 nitrogen and oxygen atoms in total. The molecule has 0 aliphatic rings. The average Bonchev–Trinajstić information content (AvgIpc) is 2.65. The van der Waals surface area contributed by atoms with Gasteiger partial charge in [0.2, 0.25) is 5.95 Å². The molecule has 0 fully saturated rings. The van der Waals surface area contributed by atoms with Gasteiger partial charge in [0, 0.05) is 18.5 Å². The van der Waals surface area contributed by atoms with Gasteiger partial charge in [-0.1, -0.05) is 6.07 Å². The van der Waals surface area contributed by atoms with Gasteiger partial charge in [0.05, 0.1) is 0 Å². The summed E-state index contributed by atoms with van der Waals surface area (Å²) in [5.41, 5.74) is -2.50. The normalized spacial score (nSPS) is 12.0. The Balaban J connectivity index is 1.92. The number of aromatic nitrogens is 3. The SMILES string of the molecule is Cc1ccc2nc(NCCSC(F)(F)F)nn2c1. The molecule has 0 saturated heterocycles. The molecule has 2 aromatic rings. The summed E-state index contributed by atoms with van der Waals surface area (Å²) < 4.78 is 37.3. The highest BCUT2D eigenvalue weighted by molar-refractivity contribution is 8.00. The predicted molar refractivity (Wildman–Crippen MR) is 64.7 cm³/mol. The molecule has 2 rings (SSSR count). The number of hydrogen-bond acceptors (Lipinski definition) is 4. The van der Waals surface area contributed by atoms with Crippen LogP contribution in [0.3, 0.4) is 0 Å². The average molecular weight is 276 g/mol. The lowest BCUT2D eigenvalue weighted by molar-refractivity contribution is -0.0327. The topological polar surface area (TPSA) is 42.2 Å². The maximum atomic E-state index is 11.9. The fraction of sp³-hybridized carbons (Fsp3) is 0.400. The summed E-state index contributed by atoms with van der Waals surface area (Å²) in [6.45, 7) is 2.09. The zero-order valence-corrected chi connectivity index (χ0v) is 10.3. The van der Waals surface area contributed by atoms with Crippen LogP contribution in [0.5, 0.6) is 0 Å². The number of anilines is 1. The van der Waals surface area contributed by atoms with Crippen molar-refractivity contribution in [3.05, 3.63) is 23.9 Å². The number of nitrogens with one attached hydrogen (secondary N) is 1. The van der Waals surface area contributed by atoms with Gasteiger partial charge in [-0.3, -0.25) is 0 Å². The first-order chi connectivity index (χ1) is 8.44. The van der Waals surface area contributed by atoms with Crippen molar-refractivity contribution in [2.75, 3.05) is 17.6 Å². The Kier molecular flexibility index (Phi) is 3.65. The molecule has 98 valence electrons. The standard InChI is InChI=1S/C10H11F3N4S/c1-7-2-3-8-15-9(16-17(8)6-7)14-4-5-18-10(11,12)13/h2-3,6H,4-5H2,1H3,(H,14,16). The van der Waals surface area contributed by atoms with Crippen LogP contribution in [0.15, 0.2) is 18.3 Å². The zero-order valence-electron chi connectivity index (χ0n) is 9.53. The van der Waals surface area contributed by atoms with E-state index in [1.165, 1.54) is 0 Å². The molecule has 0 atom stereocenters. The highest BCUT2D eigenvalue weighted by atomic mass is 32.2. The number of pyridine rings is 1. The second-order valence-corrected chi connectivity index (χ2v) is 4.83. The van der Waals surface area contributed by atoms with Crippen LogP contribution in [0.4, 0.5) is 19.1 Å². The van der Waals surface area contributed by atoms with Crippen molar-refractivity contribution < 1.29 is 13.2 Å². The molecule has 0 bridgehead atoms. The Morgan fingerprint density at radius 2 is 2.17 bits per heavy atom. The summed E-state index contributed by atoms with van der Waals surface area (Å²) in [5.74, 6) is 0.265. The Hall–Kier alpha value is -1.44. The lowest BCUT2D eigenvalue weighted by Crippen LogP contribution is -2.10. The number of halogens is 3. The molecule has 18 heavy (non-hydrogen) atoms. The van der Waals surface area contributed by atoms with E-state index >= 15 is 0 Å². The Morgan fingerprint density at radius 1 is 1.39 bits per heavy atom. The molecular formula is C10H11F3N4S. The van der Waals surface area contributed by atoms with Gasteiger partial charge in [-0.15, -0.1) is 5.10 Å². The van der Waals surface area contributed by atoms with Gasteiger partial charge in [-0.25, -0.2) is 4.52 Å². The minimum absolute atomic E-state index is 0.0627. The van der Waals surface area contributed by atoms with Crippen LogP contribution in [-0.4, -0.2) is 32.4 Å². The van der Waals surface area contributed by atoms with E-state index < -0.39 is 5.51 Å². The molecule has 0 radical (unpaired) electrons. The monoisotopic (exact) mass is 276 g/mol. The zero-order chi connectivity index (χ0) is 13.2. The minimum Gasteiger partial charge on any atom is -0.352 e. The summed E-state index contributed by atoms with van der Waals surface area (Å²) in [6, 6.07) is 3.70. The number of fused-ring (bicyclic) bond motifs is 1. The lowest BCUT2D eigenvalue weighted by Gasteiger charge is -2.04. The van der Waals surface area contributed by atoms with E-state index in [1.807, 2.05) is 13.0 Å². The van der Waals surface area contributed by atoms with Crippen molar-refractivity contribution in [3.63, 3.8) is 0 Å². The van der Waals surface area contributed by atoms with Gasteiger partial charge >= 0.3 is 5.51 Å². The number of nitrogens with zero attached hydrogens (tertiary/aromatic N) is 3. The molecular weight excluding hydrogens is 265 g/mol. The summed E-state index contributed by atoms with van der Waals surface area (Å²) >= 11 is -0.0627. The van der Waals surface area contributed by atoms with Crippen molar-refractivity contribution in [1.29, 1.82) is 0 Å². The lowest BCUT2D eigenvalue weighted by atomic mass is 10.3. The molecule has 0 aromatic carbocycles. The number of rotatable bonds is 4. The molecule has 2 heterocycles. The van der Waals surface area contributed by atoms with Crippen molar-refractivity contribution in [2.45, 2.75) is 12.4 Å². The molecule has 0 unspecified atom stereocenters. The van der Waals surface area contributed by atoms with E-state index in [0.717, 1.165) is 5.56 Å². The van der Waals surface area contributed by atoms with Gasteiger partial charge in [-0.05, 0) is 30.3 Å². The summed E-state index contributed by atoms with van der Waals surface area (Å²) in [7, 11) is 0. The Bertz CT molecular complexity index is 537. The highest BCUT2D eigenvalue weighted by Crippen LogP contribution is 2.29. The predicted octanol–water partition coefficient (Wildman–Crippen LogP) is 2.70. The van der Waals surface area contributed by atoms with Crippen LogP contribution < -0.4 is 5.32 Å². The van der Waals surface area contributed by atoms with Crippen molar-refractivity contribution in [1.82, 2.24) is 14.6 Å². The van der Waals surface area contributed by atoms with E-state index in [4.69, 9.17) is 0 Å². The smallest absolute Gasteiger partial charge is 0.352 e. The van der Waals surface area contributed by atoms with Crippen LogP contribution in [-0.2, 0) is 0 Å². The molecule has 0 amide bonds. The van der Waals surface area contributed by atoms with Gasteiger partial charge in [-0.2, -0.15) is 18.2 Å². The third-order valence-corrected chi connectivity index (χ3v) is 2.87. The van der Waals surface area contributed by atoms with E-state index in [0.29, 0.717) is 11.6 Å². The number of alkyl halides is 3. The fourth-order valence-electron chi connectivity index (χ4n) is 1.39. The first kappa shape index (κ1) is 13.0. The van der Waals surface area contributed by atoms with Crippen LogP contribution in [0.1, 0.15) is 5.56 Å². The van der Waals surface area contributed by atoms with E-state index in [1.54, 1.807) is 16.8 Å². The second kappa shape index (κ2) is 5.05. The van der Waals surface area contributed by atoms with Crippen LogP contribution >= 0.6 is 11.8 Å². The number of thioether (sulfide) groups is 1. The number of hydrogen-bond donors (Lipinski definition) is 1. The molecule has 1 N–H and O–H groups in total. The van der Waals surface area contributed by atoms with Gasteiger partial charge in [0.25, 0.3) is 0 Å².